The molecule has 0 amide bonds. The maximum Gasteiger partial charge on any atom is 0.0510 e. The summed E-state index contributed by atoms with van der Waals surface area (Å²) in [5, 5.41) is 4.84. The van der Waals surface area contributed by atoms with E-state index in [-0.39, 0.29) is 0 Å². The van der Waals surface area contributed by atoms with E-state index in [4.69, 9.17) is 0 Å². The van der Waals surface area contributed by atoms with Crippen LogP contribution in [-0.4, -0.2) is 16.1 Å². The van der Waals surface area contributed by atoms with E-state index in [2.05, 4.69) is 59.3 Å². The van der Waals surface area contributed by atoms with Crippen molar-refractivity contribution in [1.82, 2.24) is 9.55 Å². The Kier molecular flexibility index (Phi) is 3.65. The van der Waals surface area contributed by atoms with Crippen LogP contribution in [0.4, 0.5) is 5.69 Å². The first-order valence-electron chi connectivity index (χ1n) is 7.35. The van der Waals surface area contributed by atoms with Gasteiger partial charge in [-0.2, -0.15) is 0 Å². The molecule has 0 aliphatic rings. The highest BCUT2D eigenvalue weighted by Crippen LogP contribution is 2.24. The molecule has 0 atom stereocenters. The van der Waals surface area contributed by atoms with E-state index in [1.807, 2.05) is 19.2 Å². The second-order valence-corrected chi connectivity index (χ2v) is 5.60. The van der Waals surface area contributed by atoms with Crippen molar-refractivity contribution in [3.8, 4) is 0 Å². The average molecular weight is 279 g/mol. The van der Waals surface area contributed by atoms with E-state index >= 15 is 0 Å². The van der Waals surface area contributed by atoms with E-state index in [0.29, 0.717) is 0 Å². The summed E-state index contributed by atoms with van der Waals surface area (Å²) in [6, 6.07) is 10.6. The summed E-state index contributed by atoms with van der Waals surface area (Å²) >= 11 is 0. The lowest BCUT2D eigenvalue weighted by atomic mass is 10.1. The molecular weight excluding hydrogens is 258 g/mol. The fraction of sp³-hybridized carbons (Fsp3) is 0.278. The van der Waals surface area contributed by atoms with Gasteiger partial charge in [0, 0.05) is 42.8 Å². The Morgan fingerprint density at radius 2 is 2.05 bits per heavy atom. The molecule has 0 spiro atoms. The summed E-state index contributed by atoms with van der Waals surface area (Å²) in [5.41, 5.74) is 6.25. The molecule has 3 heteroatoms. The number of anilines is 1. The number of rotatable bonds is 4. The summed E-state index contributed by atoms with van der Waals surface area (Å²) in [5.74, 6) is 0. The van der Waals surface area contributed by atoms with Gasteiger partial charge in [0.2, 0.25) is 0 Å². The summed E-state index contributed by atoms with van der Waals surface area (Å²) in [6.45, 7) is 5.11. The van der Waals surface area contributed by atoms with Crippen molar-refractivity contribution >= 4 is 16.6 Å². The van der Waals surface area contributed by atoms with Crippen LogP contribution in [0.2, 0.25) is 0 Å². The van der Waals surface area contributed by atoms with Gasteiger partial charge in [0.25, 0.3) is 0 Å². The molecule has 2 heterocycles. The molecule has 0 saturated carbocycles. The van der Waals surface area contributed by atoms with Gasteiger partial charge in [0.05, 0.1) is 5.52 Å². The smallest absolute Gasteiger partial charge is 0.0510 e. The molecular formula is C18H21N3. The molecule has 3 rings (SSSR count). The first-order valence-corrected chi connectivity index (χ1v) is 7.35. The lowest BCUT2D eigenvalue weighted by Gasteiger charge is -2.06. The lowest BCUT2D eigenvalue weighted by molar-refractivity contribution is 0.940. The summed E-state index contributed by atoms with van der Waals surface area (Å²) in [7, 11) is 2.12. The molecule has 0 radical (unpaired) electrons. The predicted molar refractivity (Wildman–Crippen MR) is 88.8 cm³/mol. The molecule has 0 aliphatic heterocycles. The van der Waals surface area contributed by atoms with Crippen molar-refractivity contribution in [2.24, 2.45) is 7.05 Å². The Labute approximate surface area is 125 Å². The zero-order valence-electron chi connectivity index (χ0n) is 12.9. The second-order valence-electron chi connectivity index (χ2n) is 5.60. The Hall–Kier alpha value is -2.29. The second kappa shape index (κ2) is 5.60. The molecule has 1 N–H and O–H groups in total. The lowest BCUT2D eigenvalue weighted by Crippen LogP contribution is -2.04. The van der Waals surface area contributed by atoms with Crippen LogP contribution < -0.4 is 5.32 Å². The first-order chi connectivity index (χ1) is 10.1. The molecule has 1 aromatic carbocycles. The van der Waals surface area contributed by atoms with Crippen LogP contribution >= 0.6 is 0 Å². The maximum atomic E-state index is 4.22. The summed E-state index contributed by atoms with van der Waals surface area (Å²) < 4.78 is 2.23. The molecule has 2 aromatic heterocycles. The van der Waals surface area contributed by atoms with Crippen LogP contribution in [0.25, 0.3) is 10.9 Å². The van der Waals surface area contributed by atoms with Crippen molar-refractivity contribution in [3.63, 3.8) is 0 Å². The van der Waals surface area contributed by atoms with Gasteiger partial charge < -0.3 is 9.88 Å². The molecule has 0 bridgehead atoms. The number of para-hydroxylation sites is 1. The Bertz CT molecular complexity index is 771. The normalized spacial score (nSPS) is 11.0. The SMILES string of the molecule is Cc1cc(NCCc2cn(C)c3c(C)cccc23)ccn1. The number of aromatic nitrogens is 2. The number of benzene rings is 1. The Morgan fingerprint density at radius 3 is 2.86 bits per heavy atom. The van der Waals surface area contributed by atoms with Gasteiger partial charge in [-0.25, -0.2) is 0 Å². The predicted octanol–water partition coefficient (Wildman–Crippen LogP) is 3.84. The van der Waals surface area contributed by atoms with Gasteiger partial charge in [-0.05, 0) is 43.5 Å². The van der Waals surface area contributed by atoms with E-state index in [9.17, 15) is 0 Å². The number of hydrogen-bond donors (Lipinski definition) is 1. The van der Waals surface area contributed by atoms with Crippen molar-refractivity contribution in [2.75, 3.05) is 11.9 Å². The van der Waals surface area contributed by atoms with Crippen LogP contribution in [0.3, 0.4) is 0 Å². The minimum absolute atomic E-state index is 0.927. The highest BCUT2D eigenvalue weighted by molar-refractivity contribution is 5.86. The standard InChI is InChI=1S/C18H21N3/c1-13-5-4-6-17-15(12-21(3)18(13)17)7-9-20-16-8-10-19-14(2)11-16/h4-6,8,10-12H,7,9H2,1-3H3,(H,19,20). The van der Waals surface area contributed by atoms with E-state index in [1.165, 1.54) is 22.0 Å². The largest absolute Gasteiger partial charge is 0.385 e. The van der Waals surface area contributed by atoms with Crippen LogP contribution in [0.15, 0.2) is 42.7 Å². The minimum Gasteiger partial charge on any atom is -0.385 e. The van der Waals surface area contributed by atoms with Crippen LogP contribution in [0, 0.1) is 13.8 Å². The zero-order chi connectivity index (χ0) is 14.8. The number of aryl methyl sites for hydroxylation is 3. The molecule has 21 heavy (non-hydrogen) atoms. The third kappa shape index (κ3) is 2.77. The fourth-order valence-corrected chi connectivity index (χ4v) is 2.95. The summed E-state index contributed by atoms with van der Waals surface area (Å²) in [6.07, 6.45) is 5.11. The van der Waals surface area contributed by atoms with Gasteiger partial charge in [-0.15, -0.1) is 0 Å². The van der Waals surface area contributed by atoms with Crippen molar-refractivity contribution in [3.05, 3.63) is 59.5 Å². The third-order valence-corrected chi connectivity index (χ3v) is 3.91. The number of fused-ring (bicyclic) bond motifs is 1. The fourth-order valence-electron chi connectivity index (χ4n) is 2.95. The number of pyridine rings is 1. The van der Waals surface area contributed by atoms with Crippen LogP contribution in [0.1, 0.15) is 16.8 Å². The third-order valence-electron chi connectivity index (χ3n) is 3.91. The summed E-state index contributed by atoms with van der Waals surface area (Å²) in [4.78, 5) is 4.22. The van der Waals surface area contributed by atoms with Gasteiger partial charge >= 0.3 is 0 Å². The monoisotopic (exact) mass is 279 g/mol. The highest BCUT2D eigenvalue weighted by Gasteiger charge is 2.07. The average Bonchev–Trinajstić information content (AvgIpc) is 2.77. The first kappa shape index (κ1) is 13.7. The molecule has 3 nitrogen and oxygen atoms in total. The molecule has 108 valence electrons. The maximum absolute atomic E-state index is 4.22. The quantitative estimate of drug-likeness (QED) is 0.786. The van der Waals surface area contributed by atoms with Crippen LogP contribution in [0.5, 0.6) is 0 Å². The molecule has 0 unspecified atom stereocenters. The number of nitrogens with one attached hydrogen (secondary N) is 1. The van der Waals surface area contributed by atoms with Gasteiger partial charge in [0.15, 0.2) is 0 Å². The molecule has 0 fully saturated rings. The van der Waals surface area contributed by atoms with Crippen molar-refractivity contribution < 1.29 is 0 Å². The van der Waals surface area contributed by atoms with Gasteiger partial charge in [-0.1, -0.05) is 18.2 Å². The number of nitrogens with zero attached hydrogens (tertiary/aromatic N) is 2. The highest BCUT2D eigenvalue weighted by atomic mass is 14.9. The van der Waals surface area contributed by atoms with E-state index < -0.39 is 0 Å². The minimum atomic E-state index is 0.927. The van der Waals surface area contributed by atoms with Crippen molar-refractivity contribution in [2.45, 2.75) is 20.3 Å². The zero-order valence-corrected chi connectivity index (χ0v) is 12.9. The molecule has 0 aliphatic carbocycles. The molecule has 3 aromatic rings. The molecule has 0 saturated heterocycles. The van der Waals surface area contributed by atoms with Crippen LogP contribution in [-0.2, 0) is 13.5 Å². The van der Waals surface area contributed by atoms with E-state index in [1.54, 1.807) is 0 Å². The Morgan fingerprint density at radius 1 is 1.19 bits per heavy atom. The topological polar surface area (TPSA) is 29.9 Å². The van der Waals surface area contributed by atoms with E-state index in [0.717, 1.165) is 24.3 Å². The van der Waals surface area contributed by atoms with Gasteiger partial charge in [0.1, 0.15) is 0 Å². The number of hydrogen-bond acceptors (Lipinski definition) is 2. The van der Waals surface area contributed by atoms with Crippen molar-refractivity contribution in [1.29, 1.82) is 0 Å². The van der Waals surface area contributed by atoms with Gasteiger partial charge in [-0.3, -0.25) is 4.98 Å². The Balaban J connectivity index is 1.75.